The molecular formula is C20H27NO2. The lowest BCUT2D eigenvalue weighted by atomic mass is 10.1. The number of ether oxygens (including phenoxy) is 2. The van der Waals surface area contributed by atoms with Crippen LogP contribution in [0.1, 0.15) is 25.7 Å². The summed E-state index contributed by atoms with van der Waals surface area (Å²) in [6.45, 7) is 6.03. The van der Waals surface area contributed by atoms with Gasteiger partial charge in [-0.2, -0.15) is 0 Å². The molecule has 0 amide bonds. The van der Waals surface area contributed by atoms with Crippen LogP contribution in [0, 0.1) is 0 Å². The molecule has 3 heteroatoms. The van der Waals surface area contributed by atoms with Crippen molar-refractivity contribution in [3.63, 3.8) is 0 Å². The van der Waals surface area contributed by atoms with Gasteiger partial charge < -0.3 is 9.47 Å². The van der Waals surface area contributed by atoms with Crippen LogP contribution in [0.15, 0.2) is 42.5 Å². The number of nitrogens with zero attached hydrogens (tertiary/aromatic N) is 1. The monoisotopic (exact) mass is 313 g/mol. The molecule has 2 aromatic rings. The average molecular weight is 313 g/mol. The number of unbranched alkanes of at least 4 members (excludes halogenated alkanes) is 3. The van der Waals surface area contributed by atoms with E-state index in [0.29, 0.717) is 0 Å². The van der Waals surface area contributed by atoms with Crippen LogP contribution in [0.4, 0.5) is 0 Å². The predicted molar refractivity (Wildman–Crippen MR) is 95.2 cm³/mol. The van der Waals surface area contributed by atoms with Gasteiger partial charge in [0, 0.05) is 18.5 Å². The fraction of sp³-hybridized carbons (Fsp3) is 0.500. The van der Waals surface area contributed by atoms with Gasteiger partial charge in [0.1, 0.15) is 5.75 Å². The van der Waals surface area contributed by atoms with Crippen LogP contribution < -0.4 is 4.74 Å². The molecule has 1 aliphatic rings. The smallest absolute Gasteiger partial charge is 0.127 e. The molecule has 1 aliphatic heterocycles. The first-order chi connectivity index (χ1) is 11.4. The van der Waals surface area contributed by atoms with E-state index >= 15 is 0 Å². The summed E-state index contributed by atoms with van der Waals surface area (Å²) < 4.78 is 11.4. The van der Waals surface area contributed by atoms with E-state index in [1.807, 2.05) is 0 Å². The summed E-state index contributed by atoms with van der Waals surface area (Å²) in [5, 5.41) is 2.46. The minimum Gasteiger partial charge on any atom is -0.493 e. The zero-order valence-electron chi connectivity index (χ0n) is 13.9. The molecule has 23 heavy (non-hydrogen) atoms. The van der Waals surface area contributed by atoms with Crippen LogP contribution in [0.3, 0.4) is 0 Å². The lowest BCUT2D eigenvalue weighted by Crippen LogP contribution is -2.36. The Hall–Kier alpha value is -1.58. The summed E-state index contributed by atoms with van der Waals surface area (Å²) >= 11 is 0. The summed E-state index contributed by atoms with van der Waals surface area (Å²) in [5.74, 6) is 1.01. The van der Waals surface area contributed by atoms with Gasteiger partial charge in [0.15, 0.2) is 0 Å². The second-order valence-corrected chi connectivity index (χ2v) is 6.19. The molecule has 0 saturated carbocycles. The first-order valence-corrected chi connectivity index (χ1v) is 8.84. The third kappa shape index (κ3) is 4.95. The van der Waals surface area contributed by atoms with Crippen molar-refractivity contribution in [1.29, 1.82) is 0 Å². The van der Waals surface area contributed by atoms with Crippen LogP contribution in [-0.2, 0) is 4.74 Å². The van der Waals surface area contributed by atoms with Crippen molar-refractivity contribution in [3.8, 4) is 5.75 Å². The highest BCUT2D eigenvalue weighted by Crippen LogP contribution is 2.25. The minimum absolute atomic E-state index is 0.811. The number of rotatable bonds is 8. The SMILES string of the molecule is c1ccc2c(OCCCCCCN3CCOCC3)cccc2c1. The van der Waals surface area contributed by atoms with Gasteiger partial charge >= 0.3 is 0 Å². The standard InChI is InChI=1S/C20H27NO2/c1(5-12-21-13-16-22-17-14-21)2-6-15-23-20-11-7-9-18-8-3-4-10-19(18)20/h3-4,7-11H,1-2,5-6,12-17H2. The highest BCUT2D eigenvalue weighted by molar-refractivity contribution is 5.88. The van der Waals surface area contributed by atoms with Gasteiger partial charge in [-0.05, 0) is 30.8 Å². The van der Waals surface area contributed by atoms with Crippen LogP contribution in [0.25, 0.3) is 10.8 Å². The Morgan fingerprint density at radius 3 is 2.57 bits per heavy atom. The fourth-order valence-corrected chi connectivity index (χ4v) is 3.12. The molecule has 0 aliphatic carbocycles. The summed E-state index contributed by atoms with van der Waals surface area (Å²) in [4.78, 5) is 2.51. The number of fused-ring (bicyclic) bond motifs is 1. The summed E-state index contributed by atoms with van der Waals surface area (Å²) in [6, 6.07) is 14.7. The van der Waals surface area contributed by atoms with E-state index in [9.17, 15) is 0 Å². The van der Waals surface area contributed by atoms with Crippen molar-refractivity contribution < 1.29 is 9.47 Å². The molecule has 1 saturated heterocycles. The maximum Gasteiger partial charge on any atom is 0.127 e. The van der Waals surface area contributed by atoms with Crippen LogP contribution >= 0.6 is 0 Å². The molecule has 0 N–H and O–H groups in total. The molecule has 0 atom stereocenters. The summed E-state index contributed by atoms with van der Waals surface area (Å²) in [6.07, 6.45) is 4.95. The topological polar surface area (TPSA) is 21.7 Å². The third-order valence-electron chi connectivity index (χ3n) is 4.48. The number of morpholine rings is 1. The number of benzene rings is 2. The van der Waals surface area contributed by atoms with Gasteiger partial charge in [0.2, 0.25) is 0 Å². The van der Waals surface area contributed by atoms with E-state index in [0.717, 1.165) is 45.1 Å². The van der Waals surface area contributed by atoms with Crippen molar-refractivity contribution in [2.75, 3.05) is 39.5 Å². The molecule has 3 nitrogen and oxygen atoms in total. The van der Waals surface area contributed by atoms with E-state index < -0.39 is 0 Å². The molecule has 1 heterocycles. The first kappa shape index (κ1) is 16.3. The lowest BCUT2D eigenvalue weighted by Gasteiger charge is -2.26. The highest BCUT2D eigenvalue weighted by atomic mass is 16.5. The molecule has 0 radical (unpaired) electrons. The maximum atomic E-state index is 5.99. The quantitative estimate of drug-likeness (QED) is 0.685. The molecule has 0 aromatic heterocycles. The van der Waals surface area contributed by atoms with E-state index in [1.165, 1.54) is 36.6 Å². The van der Waals surface area contributed by atoms with Crippen molar-refractivity contribution in [2.24, 2.45) is 0 Å². The van der Waals surface area contributed by atoms with Crippen molar-refractivity contribution in [1.82, 2.24) is 4.90 Å². The van der Waals surface area contributed by atoms with Crippen molar-refractivity contribution in [2.45, 2.75) is 25.7 Å². The third-order valence-corrected chi connectivity index (χ3v) is 4.48. The maximum absolute atomic E-state index is 5.99. The fourth-order valence-electron chi connectivity index (χ4n) is 3.12. The Morgan fingerprint density at radius 1 is 0.870 bits per heavy atom. The molecule has 1 fully saturated rings. The van der Waals surface area contributed by atoms with Gasteiger partial charge in [-0.25, -0.2) is 0 Å². The summed E-state index contributed by atoms with van der Waals surface area (Å²) in [7, 11) is 0. The van der Waals surface area contributed by atoms with Gasteiger partial charge in [0.05, 0.1) is 19.8 Å². The van der Waals surface area contributed by atoms with Gasteiger partial charge in [-0.15, -0.1) is 0 Å². The second kappa shape index (κ2) is 8.90. The Kier molecular flexibility index (Phi) is 6.30. The summed E-state index contributed by atoms with van der Waals surface area (Å²) in [5.41, 5.74) is 0. The zero-order valence-corrected chi connectivity index (χ0v) is 13.9. The molecule has 0 spiro atoms. The normalized spacial score (nSPS) is 15.8. The molecule has 3 rings (SSSR count). The Balaban J connectivity index is 1.32. The van der Waals surface area contributed by atoms with E-state index in [1.54, 1.807) is 0 Å². The predicted octanol–water partition coefficient (Wildman–Crippen LogP) is 4.11. The van der Waals surface area contributed by atoms with E-state index in [2.05, 4.69) is 47.4 Å². The number of hydrogen-bond donors (Lipinski definition) is 0. The Bertz CT molecular complexity index is 588. The van der Waals surface area contributed by atoms with Gasteiger partial charge in [0.25, 0.3) is 0 Å². The van der Waals surface area contributed by atoms with Gasteiger partial charge in [-0.3, -0.25) is 4.90 Å². The molecule has 124 valence electrons. The molecular weight excluding hydrogens is 286 g/mol. The Labute approximate surface area is 139 Å². The van der Waals surface area contributed by atoms with Crippen LogP contribution in [-0.4, -0.2) is 44.4 Å². The van der Waals surface area contributed by atoms with E-state index in [4.69, 9.17) is 9.47 Å². The van der Waals surface area contributed by atoms with Crippen molar-refractivity contribution >= 4 is 10.8 Å². The first-order valence-electron chi connectivity index (χ1n) is 8.84. The molecule has 0 unspecified atom stereocenters. The Morgan fingerprint density at radius 2 is 1.65 bits per heavy atom. The van der Waals surface area contributed by atoms with Crippen LogP contribution in [0.2, 0.25) is 0 Å². The van der Waals surface area contributed by atoms with E-state index in [-0.39, 0.29) is 0 Å². The largest absolute Gasteiger partial charge is 0.493 e. The van der Waals surface area contributed by atoms with Gasteiger partial charge in [-0.1, -0.05) is 49.2 Å². The lowest BCUT2D eigenvalue weighted by molar-refractivity contribution is 0.0371. The van der Waals surface area contributed by atoms with Crippen molar-refractivity contribution in [3.05, 3.63) is 42.5 Å². The molecule has 0 bridgehead atoms. The number of hydrogen-bond acceptors (Lipinski definition) is 3. The average Bonchev–Trinajstić information content (AvgIpc) is 2.62. The minimum atomic E-state index is 0.811. The van der Waals surface area contributed by atoms with Crippen LogP contribution in [0.5, 0.6) is 5.75 Å². The highest BCUT2D eigenvalue weighted by Gasteiger charge is 2.08. The zero-order chi connectivity index (χ0) is 15.7. The molecule has 2 aromatic carbocycles. The second-order valence-electron chi connectivity index (χ2n) is 6.19.